The van der Waals surface area contributed by atoms with Crippen molar-refractivity contribution in [2.75, 3.05) is 5.32 Å². The number of benzene rings is 1. The van der Waals surface area contributed by atoms with Crippen molar-refractivity contribution in [2.45, 2.75) is 33.7 Å². The molecule has 2 heterocycles. The second kappa shape index (κ2) is 6.84. The van der Waals surface area contributed by atoms with Crippen LogP contribution in [0.5, 0.6) is 0 Å². The molecule has 0 bridgehead atoms. The van der Waals surface area contributed by atoms with Gasteiger partial charge < -0.3 is 5.32 Å². The standard InChI is InChI=1S/C17H21N7O/c1-5-13-6-8-14(9-7-13)17-19-22-24(21-17)10-15(25)18-16-11(2)20-23(4)12(16)3/h6-9H,5,10H2,1-4H3,(H,18,25). The molecule has 0 unspecified atom stereocenters. The first kappa shape index (κ1) is 16.8. The molecule has 2 aromatic heterocycles. The van der Waals surface area contributed by atoms with Crippen molar-refractivity contribution in [1.29, 1.82) is 0 Å². The summed E-state index contributed by atoms with van der Waals surface area (Å²) in [6.07, 6.45) is 0.980. The van der Waals surface area contributed by atoms with Crippen LogP contribution in [-0.2, 0) is 24.8 Å². The van der Waals surface area contributed by atoms with Gasteiger partial charge in [-0.1, -0.05) is 31.2 Å². The summed E-state index contributed by atoms with van der Waals surface area (Å²) >= 11 is 0. The van der Waals surface area contributed by atoms with Crippen molar-refractivity contribution in [3.63, 3.8) is 0 Å². The minimum Gasteiger partial charge on any atom is -0.321 e. The Morgan fingerprint density at radius 3 is 2.48 bits per heavy atom. The summed E-state index contributed by atoms with van der Waals surface area (Å²) in [6.45, 7) is 5.86. The van der Waals surface area contributed by atoms with Gasteiger partial charge in [-0.25, -0.2) is 0 Å². The minimum atomic E-state index is -0.218. The average molecular weight is 339 g/mol. The Morgan fingerprint density at radius 1 is 1.16 bits per heavy atom. The van der Waals surface area contributed by atoms with Crippen LogP contribution >= 0.6 is 0 Å². The van der Waals surface area contributed by atoms with Gasteiger partial charge in [0, 0.05) is 12.6 Å². The molecule has 0 spiro atoms. The second-order valence-corrected chi connectivity index (χ2v) is 5.91. The van der Waals surface area contributed by atoms with Gasteiger partial charge in [-0.15, -0.1) is 10.2 Å². The van der Waals surface area contributed by atoms with E-state index in [2.05, 4.69) is 32.7 Å². The van der Waals surface area contributed by atoms with Crippen molar-refractivity contribution >= 4 is 11.6 Å². The van der Waals surface area contributed by atoms with Gasteiger partial charge >= 0.3 is 0 Å². The van der Waals surface area contributed by atoms with Gasteiger partial charge in [0.2, 0.25) is 11.7 Å². The monoisotopic (exact) mass is 339 g/mol. The molecule has 8 heteroatoms. The largest absolute Gasteiger partial charge is 0.321 e. The lowest BCUT2D eigenvalue weighted by molar-refractivity contribution is -0.117. The van der Waals surface area contributed by atoms with Gasteiger partial charge in [0.25, 0.3) is 0 Å². The summed E-state index contributed by atoms with van der Waals surface area (Å²) in [5.41, 5.74) is 4.52. The molecule has 0 fully saturated rings. The summed E-state index contributed by atoms with van der Waals surface area (Å²) in [4.78, 5) is 13.5. The van der Waals surface area contributed by atoms with E-state index in [9.17, 15) is 4.79 Å². The highest BCUT2D eigenvalue weighted by atomic mass is 16.2. The first-order valence-electron chi connectivity index (χ1n) is 8.15. The summed E-state index contributed by atoms with van der Waals surface area (Å²) in [6, 6.07) is 8.00. The number of nitrogens with zero attached hydrogens (tertiary/aromatic N) is 6. The van der Waals surface area contributed by atoms with E-state index in [1.165, 1.54) is 10.4 Å². The molecule has 0 aliphatic rings. The van der Waals surface area contributed by atoms with Crippen molar-refractivity contribution in [3.8, 4) is 11.4 Å². The highest BCUT2D eigenvalue weighted by molar-refractivity contribution is 5.91. The van der Waals surface area contributed by atoms with Crippen LogP contribution in [0.4, 0.5) is 5.69 Å². The highest BCUT2D eigenvalue weighted by Gasteiger charge is 2.14. The van der Waals surface area contributed by atoms with Crippen LogP contribution in [0, 0.1) is 13.8 Å². The van der Waals surface area contributed by atoms with Crippen LogP contribution in [0.15, 0.2) is 24.3 Å². The van der Waals surface area contributed by atoms with Crippen molar-refractivity contribution in [3.05, 3.63) is 41.2 Å². The molecule has 8 nitrogen and oxygen atoms in total. The lowest BCUT2D eigenvalue weighted by Gasteiger charge is -2.04. The number of aryl methyl sites for hydroxylation is 3. The van der Waals surface area contributed by atoms with E-state index < -0.39 is 0 Å². The van der Waals surface area contributed by atoms with Crippen LogP contribution < -0.4 is 5.32 Å². The fourth-order valence-corrected chi connectivity index (χ4v) is 2.58. The molecular formula is C17H21N7O. The molecule has 25 heavy (non-hydrogen) atoms. The van der Waals surface area contributed by atoms with Crippen LogP contribution in [0.3, 0.4) is 0 Å². The van der Waals surface area contributed by atoms with E-state index in [1.54, 1.807) is 4.68 Å². The Hall–Kier alpha value is -3.03. The van der Waals surface area contributed by atoms with Gasteiger partial charge in [0.15, 0.2) is 0 Å². The van der Waals surface area contributed by atoms with E-state index in [-0.39, 0.29) is 12.5 Å². The lowest BCUT2D eigenvalue weighted by Crippen LogP contribution is -2.21. The fraction of sp³-hybridized carbons (Fsp3) is 0.353. The number of aromatic nitrogens is 6. The van der Waals surface area contributed by atoms with E-state index in [4.69, 9.17) is 0 Å². The topological polar surface area (TPSA) is 90.5 Å². The molecule has 0 saturated carbocycles. The summed E-state index contributed by atoms with van der Waals surface area (Å²) < 4.78 is 1.73. The molecule has 1 N–H and O–H groups in total. The maximum absolute atomic E-state index is 12.2. The van der Waals surface area contributed by atoms with Gasteiger partial charge in [0.05, 0.1) is 17.1 Å². The maximum atomic E-state index is 12.2. The van der Waals surface area contributed by atoms with E-state index >= 15 is 0 Å². The number of amides is 1. The molecule has 130 valence electrons. The molecule has 0 radical (unpaired) electrons. The number of nitrogens with one attached hydrogen (secondary N) is 1. The summed E-state index contributed by atoms with van der Waals surface area (Å²) in [5, 5.41) is 19.4. The lowest BCUT2D eigenvalue weighted by atomic mass is 10.1. The van der Waals surface area contributed by atoms with Crippen LogP contribution in [0.1, 0.15) is 23.9 Å². The smallest absolute Gasteiger partial charge is 0.248 e. The van der Waals surface area contributed by atoms with E-state index in [1.807, 2.05) is 45.2 Å². The van der Waals surface area contributed by atoms with E-state index in [0.717, 1.165) is 29.1 Å². The minimum absolute atomic E-state index is 0.00613. The summed E-state index contributed by atoms with van der Waals surface area (Å²) in [7, 11) is 1.84. The van der Waals surface area contributed by atoms with Gasteiger partial charge in [-0.05, 0) is 31.0 Å². The van der Waals surface area contributed by atoms with Crippen molar-refractivity contribution < 1.29 is 4.79 Å². The zero-order valence-corrected chi connectivity index (χ0v) is 14.8. The molecule has 0 atom stereocenters. The Kier molecular flexibility index (Phi) is 4.60. The molecule has 0 saturated heterocycles. The Labute approximate surface area is 145 Å². The van der Waals surface area contributed by atoms with Gasteiger partial charge in [0.1, 0.15) is 6.54 Å². The molecule has 1 aromatic carbocycles. The Morgan fingerprint density at radius 2 is 1.88 bits per heavy atom. The number of hydrogen-bond acceptors (Lipinski definition) is 5. The van der Waals surface area contributed by atoms with E-state index in [0.29, 0.717) is 5.82 Å². The SMILES string of the molecule is CCc1ccc(-c2nnn(CC(=O)Nc3c(C)nn(C)c3C)n2)cc1. The predicted molar refractivity (Wildman–Crippen MR) is 93.9 cm³/mol. The highest BCUT2D eigenvalue weighted by Crippen LogP contribution is 2.18. The van der Waals surface area contributed by atoms with Crippen LogP contribution in [-0.4, -0.2) is 35.9 Å². The third-order valence-electron chi connectivity index (χ3n) is 4.13. The quantitative estimate of drug-likeness (QED) is 0.766. The first-order chi connectivity index (χ1) is 12.0. The molecule has 0 aliphatic heterocycles. The number of carbonyl (C=O) groups is 1. The Balaban J connectivity index is 1.69. The Bertz CT molecular complexity index is 892. The fourth-order valence-electron chi connectivity index (χ4n) is 2.58. The van der Waals surface area contributed by atoms with Gasteiger partial charge in [-0.3, -0.25) is 9.48 Å². The molecule has 3 rings (SSSR count). The summed E-state index contributed by atoms with van der Waals surface area (Å²) in [5.74, 6) is 0.286. The molecule has 0 aliphatic carbocycles. The average Bonchev–Trinajstić information content (AvgIpc) is 3.15. The van der Waals surface area contributed by atoms with Crippen molar-refractivity contribution in [1.82, 2.24) is 30.0 Å². The third kappa shape index (κ3) is 3.57. The normalized spacial score (nSPS) is 10.9. The number of hydrogen-bond donors (Lipinski definition) is 1. The zero-order chi connectivity index (χ0) is 18.0. The van der Waals surface area contributed by atoms with Crippen LogP contribution in [0.2, 0.25) is 0 Å². The zero-order valence-electron chi connectivity index (χ0n) is 14.8. The van der Waals surface area contributed by atoms with Crippen LogP contribution in [0.25, 0.3) is 11.4 Å². The molecule has 1 amide bonds. The molecular weight excluding hydrogens is 318 g/mol. The number of tetrazole rings is 1. The maximum Gasteiger partial charge on any atom is 0.248 e. The van der Waals surface area contributed by atoms with Crippen molar-refractivity contribution in [2.24, 2.45) is 7.05 Å². The number of anilines is 1. The second-order valence-electron chi connectivity index (χ2n) is 5.91. The first-order valence-corrected chi connectivity index (χ1v) is 8.15. The predicted octanol–water partition coefficient (Wildman–Crippen LogP) is 1.89. The van der Waals surface area contributed by atoms with Gasteiger partial charge in [-0.2, -0.15) is 9.90 Å². The third-order valence-corrected chi connectivity index (χ3v) is 4.13. The number of carbonyl (C=O) groups excluding carboxylic acids is 1. The number of rotatable bonds is 5. The molecule has 3 aromatic rings.